The van der Waals surface area contributed by atoms with E-state index in [-0.39, 0.29) is 11.7 Å². The average Bonchev–Trinajstić information content (AvgIpc) is 2.08. The highest BCUT2D eigenvalue weighted by molar-refractivity contribution is 6.15. The van der Waals surface area contributed by atoms with Gasteiger partial charge in [-0.3, -0.25) is 9.59 Å². The zero-order valence-electron chi connectivity index (χ0n) is 7.60. The number of allylic oxidation sites excluding steroid dienone is 1. The molecule has 0 aromatic rings. The fraction of sp³-hybridized carbons (Fsp3) is 0.556. The number of Topliss-reactive ketones (excluding diaryl/α,β-unsaturated/α-hetero) is 1. The molecule has 0 radical (unpaired) electrons. The highest BCUT2D eigenvalue weighted by atomic mass is 16.2. The fourth-order valence-corrected chi connectivity index (χ4v) is 1.26. The maximum absolute atomic E-state index is 11.6. The second kappa shape index (κ2) is 2.73. The summed E-state index contributed by atoms with van der Waals surface area (Å²) >= 11 is 0. The summed E-state index contributed by atoms with van der Waals surface area (Å²) in [6.07, 6.45) is 2.02. The zero-order valence-corrected chi connectivity index (χ0v) is 7.60. The molecule has 0 aromatic heterocycles. The van der Waals surface area contributed by atoms with Gasteiger partial charge in [0.1, 0.15) is 5.41 Å². The first-order valence-corrected chi connectivity index (χ1v) is 4.05. The maximum atomic E-state index is 11.6. The van der Waals surface area contributed by atoms with Crippen LogP contribution in [0.5, 0.6) is 0 Å². The van der Waals surface area contributed by atoms with Crippen molar-refractivity contribution in [1.82, 2.24) is 5.32 Å². The summed E-state index contributed by atoms with van der Waals surface area (Å²) in [4.78, 5) is 22.9. The lowest BCUT2D eigenvalue weighted by atomic mass is 9.78. The summed E-state index contributed by atoms with van der Waals surface area (Å²) in [6, 6.07) is 0. The minimum atomic E-state index is -0.848. The average molecular weight is 167 g/mol. The topological polar surface area (TPSA) is 46.2 Å². The highest BCUT2D eigenvalue weighted by Crippen LogP contribution is 2.28. The Morgan fingerprint density at radius 3 is 2.50 bits per heavy atom. The first-order valence-electron chi connectivity index (χ1n) is 4.05. The molecule has 1 heterocycles. The lowest BCUT2D eigenvalue weighted by Gasteiger charge is -2.28. The van der Waals surface area contributed by atoms with Gasteiger partial charge >= 0.3 is 0 Å². The molecule has 1 amide bonds. The van der Waals surface area contributed by atoms with Crippen molar-refractivity contribution in [3.8, 4) is 0 Å². The molecule has 0 saturated heterocycles. The van der Waals surface area contributed by atoms with Gasteiger partial charge in [0, 0.05) is 11.8 Å². The highest BCUT2D eigenvalue weighted by Gasteiger charge is 2.41. The molecule has 1 N–H and O–H groups in total. The van der Waals surface area contributed by atoms with Gasteiger partial charge in [0.25, 0.3) is 0 Å². The third kappa shape index (κ3) is 1.05. The van der Waals surface area contributed by atoms with Gasteiger partial charge in [-0.25, -0.2) is 0 Å². The number of amides is 1. The Kier molecular flexibility index (Phi) is 2.04. The molecule has 3 nitrogen and oxygen atoms in total. The van der Waals surface area contributed by atoms with Crippen LogP contribution in [0.25, 0.3) is 0 Å². The summed E-state index contributed by atoms with van der Waals surface area (Å²) in [5.41, 5.74) is -0.224. The Balaban J connectivity index is 3.09. The largest absolute Gasteiger partial charge is 0.331 e. The Morgan fingerprint density at radius 1 is 1.50 bits per heavy atom. The van der Waals surface area contributed by atoms with Crippen LogP contribution in [0.1, 0.15) is 27.2 Å². The number of rotatable bonds is 1. The van der Waals surface area contributed by atoms with Crippen LogP contribution in [0, 0.1) is 5.41 Å². The van der Waals surface area contributed by atoms with Gasteiger partial charge in [-0.05, 0) is 20.3 Å². The van der Waals surface area contributed by atoms with Crippen LogP contribution in [0.3, 0.4) is 0 Å². The van der Waals surface area contributed by atoms with Crippen LogP contribution in [0.15, 0.2) is 11.8 Å². The summed E-state index contributed by atoms with van der Waals surface area (Å²) in [5.74, 6) is -0.255. The molecule has 12 heavy (non-hydrogen) atoms. The standard InChI is InChI=1S/C9H13NO2/c1-4-9(3)7(11)6(2)5-10-8(9)12/h5H,4H2,1-3H3,(H,10,12). The molecular formula is C9H13NO2. The van der Waals surface area contributed by atoms with Crippen LogP contribution in [0.4, 0.5) is 0 Å². The maximum Gasteiger partial charge on any atom is 0.237 e. The Labute approximate surface area is 71.8 Å². The normalized spacial score (nSPS) is 29.8. The first-order chi connectivity index (χ1) is 5.52. The SMILES string of the molecule is CCC1(C)C(=O)NC=C(C)C1=O. The van der Waals surface area contributed by atoms with Gasteiger partial charge in [0.05, 0.1) is 0 Å². The molecule has 66 valence electrons. The predicted octanol–water partition coefficient (Wildman–Crippen LogP) is 1.01. The van der Waals surface area contributed by atoms with E-state index >= 15 is 0 Å². The van der Waals surface area contributed by atoms with E-state index in [1.54, 1.807) is 13.8 Å². The second-order valence-corrected chi connectivity index (χ2v) is 3.32. The van der Waals surface area contributed by atoms with Crippen molar-refractivity contribution < 1.29 is 9.59 Å². The van der Waals surface area contributed by atoms with E-state index in [9.17, 15) is 9.59 Å². The number of hydrogen-bond donors (Lipinski definition) is 1. The Bertz CT molecular complexity index is 268. The van der Waals surface area contributed by atoms with Gasteiger partial charge in [-0.2, -0.15) is 0 Å². The van der Waals surface area contributed by atoms with Crippen molar-refractivity contribution in [3.05, 3.63) is 11.8 Å². The number of hydrogen-bond acceptors (Lipinski definition) is 2. The predicted molar refractivity (Wildman–Crippen MR) is 45.3 cm³/mol. The van der Waals surface area contributed by atoms with Crippen molar-refractivity contribution in [2.75, 3.05) is 0 Å². The molecular weight excluding hydrogens is 154 g/mol. The molecule has 0 fully saturated rings. The monoisotopic (exact) mass is 167 g/mol. The van der Waals surface area contributed by atoms with Crippen LogP contribution in [0.2, 0.25) is 0 Å². The molecule has 3 heteroatoms. The van der Waals surface area contributed by atoms with Gasteiger partial charge in [0.2, 0.25) is 5.91 Å². The van der Waals surface area contributed by atoms with E-state index in [0.29, 0.717) is 12.0 Å². The number of carbonyl (C=O) groups is 2. The summed E-state index contributed by atoms with van der Waals surface area (Å²) in [6.45, 7) is 5.24. The van der Waals surface area contributed by atoms with Crippen molar-refractivity contribution in [1.29, 1.82) is 0 Å². The van der Waals surface area contributed by atoms with E-state index in [1.165, 1.54) is 6.20 Å². The van der Waals surface area contributed by atoms with E-state index in [2.05, 4.69) is 5.32 Å². The first kappa shape index (κ1) is 8.97. The van der Waals surface area contributed by atoms with Gasteiger partial charge in [0.15, 0.2) is 5.78 Å². The van der Waals surface area contributed by atoms with Gasteiger partial charge in [-0.15, -0.1) is 0 Å². The van der Waals surface area contributed by atoms with Crippen molar-refractivity contribution in [3.63, 3.8) is 0 Å². The van der Waals surface area contributed by atoms with E-state index < -0.39 is 5.41 Å². The third-order valence-corrected chi connectivity index (χ3v) is 2.49. The molecule has 0 spiro atoms. The van der Waals surface area contributed by atoms with Gasteiger partial charge < -0.3 is 5.32 Å². The van der Waals surface area contributed by atoms with E-state index in [0.717, 1.165) is 0 Å². The molecule has 1 rings (SSSR count). The van der Waals surface area contributed by atoms with Gasteiger partial charge in [-0.1, -0.05) is 6.92 Å². The summed E-state index contributed by atoms with van der Waals surface area (Å²) in [7, 11) is 0. The molecule has 0 saturated carbocycles. The molecule has 0 aromatic carbocycles. The third-order valence-electron chi connectivity index (χ3n) is 2.49. The van der Waals surface area contributed by atoms with Crippen molar-refractivity contribution >= 4 is 11.7 Å². The molecule has 0 bridgehead atoms. The van der Waals surface area contributed by atoms with E-state index in [1.807, 2.05) is 6.92 Å². The van der Waals surface area contributed by atoms with Crippen LogP contribution < -0.4 is 5.32 Å². The molecule has 0 aliphatic carbocycles. The zero-order chi connectivity index (χ0) is 9.35. The summed E-state index contributed by atoms with van der Waals surface area (Å²) < 4.78 is 0. The van der Waals surface area contributed by atoms with Crippen LogP contribution >= 0.6 is 0 Å². The van der Waals surface area contributed by atoms with Crippen molar-refractivity contribution in [2.24, 2.45) is 5.41 Å². The summed E-state index contributed by atoms with van der Waals surface area (Å²) in [5, 5.41) is 2.58. The number of nitrogens with one attached hydrogen (secondary N) is 1. The number of carbonyl (C=O) groups excluding carboxylic acids is 2. The van der Waals surface area contributed by atoms with Crippen LogP contribution in [-0.2, 0) is 9.59 Å². The molecule has 1 aliphatic rings. The lowest BCUT2D eigenvalue weighted by molar-refractivity contribution is -0.139. The fourth-order valence-electron chi connectivity index (χ4n) is 1.26. The second-order valence-electron chi connectivity index (χ2n) is 3.32. The molecule has 1 atom stereocenters. The minimum Gasteiger partial charge on any atom is -0.331 e. The van der Waals surface area contributed by atoms with Crippen LogP contribution in [-0.4, -0.2) is 11.7 Å². The number of ketones is 1. The Hall–Kier alpha value is -1.12. The molecule has 1 unspecified atom stereocenters. The van der Waals surface area contributed by atoms with Crippen molar-refractivity contribution in [2.45, 2.75) is 27.2 Å². The smallest absolute Gasteiger partial charge is 0.237 e. The Morgan fingerprint density at radius 2 is 2.08 bits per heavy atom. The minimum absolute atomic E-state index is 0.0613. The van der Waals surface area contributed by atoms with E-state index in [4.69, 9.17) is 0 Å². The molecule has 1 aliphatic heterocycles. The lowest BCUT2D eigenvalue weighted by Crippen LogP contribution is -2.46. The quantitative estimate of drug-likeness (QED) is 0.592.